The van der Waals surface area contributed by atoms with Crippen LogP contribution in [0.4, 0.5) is 5.69 Å². The molecule has 36 heavy (non-hydrogen) atoms. The second kappa shape index (κ2) is 11.2. The zero-order valence-corrected chi connectivity index (χ0v) is 22.5. The summed E-state index contributed by atoms with van der Waals surface area (Å²) in [4.78, 5) is 17.6. The lowest BCUT2D eigenvalue weighted by Gasteiger charge is -2.32. The summed E-state index contributed by atoms with van der Waals surface area (Å²) >= 11 is 6.06. The zero-order valence-electron chi connectivity index (χ0n) is 21.0. The molecule has 0 bridgehead atoms. The number of nitrogens with zero attached hydrogens (tertiary/aromatic N) is 2. The number of halogens is 1. The molecule has 1 aromatic heterocycles. The smallest absolute Gasteiger partial charge is 0.243 e. The maximum absolute atomic E-state index is 13.4. The summed E-state index contributed by atoms with van der Waals surface area (Å²) in [5.74, 6) is -0.433. The van der Waals surface area contributed by atoms with E-state index >= 15 is 0 Å². The van der Waals surface area contributed by atoms with Crippen LogP contribution in [0, 0.1) is 26.7 Å². The quantitative estimate of drug-likeness (QED) is 0.408. The van der Waals surface area contributed by atoms with E-state index in [0.717, 1.165) is 39.7 Å². The molecule has 1 aliphatic rings. The number of pyridine rings is 1. The summed E-state index contributed by atoms with van der Waals surface area (Å²) in [6, 6.07) is 11.3. The Labute approximate surface area is 218 Å². The molecule has 1 aliphatic heterocycles. The van der Waals surface area contributed by atoms with Gasteiger partial charge in [0, 0.05) is 48.5 Å². The summed E-state index contributed by atoms with van der Waals surface area (Å²) in [6.07, 6.45) is 3.83. The first-order valence-electron chi connectivity index (χ1n) is 12.3. The van der Waals surface area contributed by atoms with Crippen LogP contribution in [0.1, 0.15) is 36.0 Å². The molecule has 4 rings (SSSR count). The molecule has 1 fully saturated rings. The molecule has 2 aromatic carbocycles. The Hall–Kier alpha value is -2.68. The molecular weight excluding hydrogens is 496 g/mol. The van der Waals surface area contributed by atoms with Crippen LogP contribution in [-0.2, 0) is 14.8 Å². The van der Waals surface area contributed by atoms with E-state index in [1.165, 1.54) is 4.31 Å². The first kappa shape index (κ1) is 26.4. The fourth-order valence-electron chi connectivity index (χ4n) is 5.02. The molecule has 0 radical (unpaired) electrons. The maximum Gasteiger partial charge on any atom is 0.243 e. The largest absolute Gasteiger partial charge is 0.384 e. The Morgan fingerprint density at radius 1 is 1.11 bits per heavy atom. The molecule has 0 unspecified atom stereocenters. The minimum absolute atomic E-state index is 0.0868. The molecule has 9 heteroatoms. The van der Waals surface area contributed by atoms with E-state index < -0.39 is 10.0 Å². The average Bonchev–Trinajstić information content (AvgIpc) is 2.82. The van der Waals surface area contributed by atoms with Crippen molar-refractivity contribution in [3.63, 3.8) is 0 Å². The number of rotatable bonds is 8. The summed E-state index contributed by atoms with van der Waals surface area (Å²) in [5, 5.41) is 8.03. The molecule has 1 atom stereocenters. The third-order valence-corrected chi connectivity index (χ3v) is 9.04. The van der Waals surface area contributed by atoms with Gasteiger partial charge in [0.15, 0.2) is 0 Å². The monoisotopic (exact) mass is 528 g/mol. The molecule has 1 saturated heterocycles. The number of benzene rings is 2. The van der Waals surface area contributed by atoms with Gasteiger partial charge in [0.25, 0.3) is 0 Å². The minimum atomic E-state index is -3.66. The number of aromatic nitrogens is 1. The van der Waals surface area contributed by atoms with Gasteiger partial charge in [-0.1, -0.05) is 29.3 Å². The van der Waals surface area contributed by atoms with Gasteiger partial charge < -0.3 is 10.6 Å². The second-order valence-corrected chi connectivity index (χ2v) is 11.8. The summed E-state index contributed by atoms with van der Waals surface area (Å²) in [6.45, 7) is 7.47. The van der Waals surface area contributed by atoms with E-state index in [0.29, 0.717) is 42.4 Å². The highest BCUT2D eigenvalue weighted by Crippen LogP contribution is 2.29. The number of piperidine rings is 1. The number of carbonyl (C=O) groups is 1. The number of aryl methyl sites for hydroxylation is 3. The van der Waals surface area contributed by atoms with E-state index in [1.807, 2.05) is 57.2 Å². The number of nitrogens with one attached hydrogen (secondary N) is 2. The Kier molecular flexibility index (Phi) is 8.17. The van der Waals surface area contributed by atoms with Crippen molar-refractivity contribution in [3.8, 4) is 0 Å². The highest BCUT2D eigenvalue weighted by atomic mass is 35.5. The van der Waals surface area contributed by atoms with E-state index in [2.05, 4.69) is 15.6 Å². The van der Waals surface area contributed by atoms with Crippen LogP contribution in [0.25, 0.3) is 10.9 Å². The van der Waals surface area contributed by atoms with Crippen LogP contribution in [-0.4, -0.2) is 49.8 Å². The summed E-state index contributed by atoms with van der Waals surface area (Å²) in [7, 11) is -3.66. The SMILES string of the molecule is Cc1cc(C)c(S(=O)(=O)N2CCC[C@H](C(=O)NCCCNc3ccnc4cc(Cl)ccc34)C2)c(C)c1. The second-order valence-electron chi connectivity index (χ2n) is 9.52. The van der Waals surface area contributed by atoms with Crippen molar-refractivity contribution in [1.82, 2.24) is 14.6 Å². The Balaban J connectivity index is 1.30. The van der Waals surface area contributed by atoms with E-state index in [9.17, 15) is 13.2 Å². The number of fused-ring (bicyclic) bond motifs is 1. The molecule has 3 aromatic rings. The number of hydrogen-bond donors (Lipinski definition) is 2. The topological polar surface area (TPSA) is 91.4 Å². The van der Waals surface area contributed by atoms with E-state index in [1.54, 1.807) is 6.20 Å². The van der Waals surface area contributed by atoms with Crippen LogP contribution in [0.2, 0.25) is 5.02 Å². The van der Waals surface area contributed by atoms with Crippen LogP contribution >= 0.6 is 11.6 Å². The van der Waals surface area contributed by atoms with Gasteiger partial charge in [0.1, 0.15) is 0 Å². The molecule has 0 spiro atoms. The van der Waals surface area contributed by atoms with Gasteiger partial charge in [0.05, 0.1) is 16.3 Å². The number of anilines is 1. The van der Waals surface area contributed by atoms with Gasteiger partial charge in [-0.3, -0.25) is 9.78 Å². The lowest BCUT2D eigenvalue weighted by atomic mass is 9.99. The number of carbonyl (C=O) groups excluding carboxylic acids is 1. The number of sulfonamides is 1. The van der Waals surface area contributed by atoms with Crippen LogP contribution < -0.4 is 10.6 Å². The first-order valence-corrected chi connectivity index (χ1v) is 14.1. The first-order chi connectivity index (χ1) is 17.2. The van der Waals surface area contributed by atoms with Crippen molar-refractivity contribution in [2.45, 2.75) is 44.9 Å². The third kappa shape index (κ3) is 5.82. The lowest BCUT2D eigenvalue weighted by molar-refractivity contribution is -0.126. The van der Waals surface area contributed by atoms with Crippen molar-refractivity contribution in [1.29, 1.82) is 0 Å². The van der Waals surface area contributed by atoms with Crippen LogP contribution in [0.5, 0.6) is 0 Å². The lowest BCUT2D eigenvalue weighted by Crippen LogP contribution is -2.45. The molecule has 1 amide bonds. The molecule has 7 nitrogen and oxygen atoms in total. The Morgan fingerprint density at radius 3 is 2.61 bits per heavy atom. The van der Waals surface area contributed by atoms with Gasteiger partial charge in [-0.2, -0.15) is 4.31 Å². The molecule has 2 N–H and O–H groups in total. The summed E-state index contributed by atoms with van der Waals surface area (Å²) in [5.41, 5.74) is 4.33. The van der Waals surface area contributed by atoms with Crippen molar-refractivity contribution in [3.05, 3.63) is 64.3 Å². The number of hydrogen-bond acceptors (Lipinski definition) is 5. The van der Waals surface area contributed by atoms with Crippen LogP contribution in [0.15, 0.2) is 47.5 Å². The van der Waals surface area contributed by atoms with Crippen molar-refractivity contribution >= 4 is 44.1 Å². The van der Waals surface area contributed by atoms with Gasteiger partial charge >= 0.3 is 0 Å². The van der Waals surface area contributed by atoms with Gasteiger partial charge in [0.2, 0.25) is 15.9 Å². The predicted octanol–water partition coefficient (Wildman–Crippen LogP) is 4.83. The molecule has 2 heterocycles. The fraction of sp³-hybridized carbons (Fsp3) is 0.407. The van der Waals surface area contributed by atoms with Gasteiger partial charge in [-0.05, 0) is 75.4 Å². The Morgan fingerprint density at radius 2 is 1.86 bits per heavy atom. The van der Waals surface area contributed by atoms with E-state index in [-0.39, 0.29) is 18.4 Å². The predicted molar refractivity (Wildman–Crippen MR) is 145 cm³/mol. The van der Waals surface area contributed by atoms with Crippen molar-refractivity contribution in [2.75, 3.05) is 31.5 Å². The Bertz CT molecular complexity index is 1350. The zero-order chi connectivity index (χ0) is 25.9. The summed E-state index contributed by atoms with van der Waals surface area (Å²) < 4.78 is 28.3. The molecule has 192 valence electrons. The minimum Gasteiger partial charge on any atom is -0.384 e. The van der Waals surface area contributed by atoms with Crippen LogP contribution in [0.3, 0.4) is 0 Å². The van der Waals surface area contributed by atoms with E-state index in [4.69, 9.17) is 11.6 Å². The van der Waals surface area contributed by atoms with Gasteiger partial charge in [-0.15, -0.1) is 0 Å². The number of amides is 1. The highest BCUT2D eigenvalue weighted by molar-refractivity contribution is 7.89. The molecule has 0 saturated carbocycles. The fourth-order valence-corrected chi connectivity index (χ4v) is 7.12. The average molecular weight is 529 g/mol. The third-order valence-electron chi connectivity index (χ3n) is 6.63. The molecule has 0 aliphatic carbocycles. The van der Waals surface area contributed by atoms with Crippen molar-refractivity contribution < 1.29 is 13.2 Å². The van der Waals surface area contributed by atoms with Crippen molar-refractivity contribution in [2.24, 2.45) is 5.92 Å². The maximum atomic E-state index is 13.4. The molecular formula is C27H33ClN4O3S. The normalized spacial score (nSPS) is 16.7. The van der Waals surface area contributed by atoms with Gasteiger partial charge in [-0.25, -0.2) is 8.42 Å². The standard InChI is InChI=1S/C27H33ClN4O3S/c1-18-14-19(2)26(20(3)15-18)36(34,35)32-13-4-6-21(17-32)27(33)31-11-5-10-29-24-9-12-30-25-16-22(28)7-8-23(24)25/h7-9,12,14-16,21H,4-6,10-11,13,17H2,1-3H3,(H,29,30)(H,31,33)/t21-/m0/s1. The highest BCUT2D eigenvalue weighted by Gasteiger charge is 2.34.